The third kappa shape index (κ3) is 2.36. The minimum atomic E-state index is 0.296. The highest BCUT2D eigenvalue weighted by atomic mass is 16.5. The first-order valence-electron chi connectivity index (χ1n) is 6.04. The van der Waals surface area contributed by atoms with E-state index in [1.807, 2.05) is 19.1 Å². The van der Waals surface area contributed by atoms with E-state index in [0.717, 1.165) is 5.75 Å². The maximum atomic E-state index is 5.63. The van der Waals surface area contributed by atoms with Gasteiger partial charge in [-0.15, -0.1) is 0 Å². The molecule has 16 heavy (non-hydrogen) atoms. The molecule has 1 fully saturated rings. The van der Waals surface area contributed by atoms with Crippen molar-refractivity contribution >= 4 is 0 Å². The van der Waals surface area contributed by atoms with E-state index >= 15 is 0 Å². The quantitative estimate of drug-likeness (QED) is 0.591. The third-order valence-corrected chi connectivity index (χ3v) is 3.35. The lowest BCUT2D eigenvalue weighted by Crippen LogP contribution is -2.36. The molecule has 1 aliphatic rings. The van der Waals surface area contributed by atoms with E-state index in [1.54, 1.807) is 0 Å². The fraction of sp³-hybridized carbons (Fsp3) is 0.538. The summed E-state index contributed by atoms with van der Waals surface area (Å²) in [5.41, 5.74) is 4.19. The molecule has 0 heterocycles. The molecular weight excluding hydrogens is 200 g/mol. The molecule has 0 amide bonds. The van der Waals surface area contributed by atoms with Crippen LogP contribution in [0.5, 0.6) is 5.75 Å². The van der Waals surface area contributed by atoms with E-state index < -0.39 is 0 Å². The Hall–Kier alpha value is -1.06. The summed E-state index contributed by atoms with van der Waals surface area (Å²) >= 11 is 0. The Kier molecular flexibility index (Phi) is 3.80. The number of benzene rings is 1. The van der Waals surface area contributed by atoms with E-state index in [2.05, 4.69) is 17.6 Å². The monoisotopic (exact) mass is 220 g/mol. The number of hydrogen-bond acceptors (Lipinski definition) is 3. The van der Waals surface area contributed by atoms with Crippen LogP contribution in [0.15, 0.2) is 24.3 Å². The van der Waals surface area contributed by atoms with E-state index in [1.165, 1.54) is 24.8 Å². The Morgan fingerprint density at radius 3 is 2.50 bits per heavy atom. The Labute approximate surface area is 97.0 Å². The molecule has 0 saturated heterocycles. The third-order valence-electron chi connectivity index (χ3n) is 3.35. The number of nitrogens with one attached hydrogen (secondary N) is 1. The zero-order chi connectivity index (χ0) is 11.4. The van der Waals surface area contributed by atoms with Crippen LogP contribution in [0.2, 0.25) is 0 Å². The molecule has 1 unspecified atom stereocenters. The van der Waals surface area contributed by atoms with Gasteiger partial charge in [0.25, 0.3) is 0 Å². The molecular formula is C13H20N2O. The van der Waals surface area contributed by atoms with Crippen LogP contribution >= 0.6 is 0 Å². The van der Waals surface area contributed by atoms with Gasteiger partial charge in [0.05, 0.1) is 6.61 Å². The normalized spacial score (nSPS) is 17.9. The van der Waals surface area contributed by atoms with Gasteiger partial charge in [-0.05, 0) is 43.4 Å². The van der Waals surface area contributed by atoms with Gasteiger partial charge in [-0.25, -0.2) is 0 Å². The number of hydrogen-bond donors (Lipinski definition) is 2. The predicted octanol–water partition coefficient (Wildman–Crippen LogP) is 2.39. The lowest BCUT2D eigenvalue weighted by atomic mass is 9.77. The average molecular weight is 220 g/mol. The van der Waals surface area contributed by atoms with Crippen molar-refractivity contribution in [1.82, 2.24) is 5.43 Å². The van der Waals surface area contributed by atoms with Gasteiger partial charge in [0.1, 0.15) is 5.75 Å². The summed E-state index contributed by atoms with van der Waals surface area (Å²) in [6.45, 7) is 2.70. The summed E-state index contributed by atoms with van der Waals surface area (Å²) in [7, 11) is 0. The van der Waals surface area contributed by atoms with Gasteiger partial charge in [0.2, 0.25) is 0 Å². The second kappa shape index (κ2) is 5.32. The molecule has 0 aromatic heterocycles. The van der Waals surface area contributed by atoms with Crippen molar-refractivity contribution < 1.29 is 4.74 Å². The average Bonchev–Trinajstić information content (AvgIpc) is 2.25. The largest absolute Gasteiger partial charge is 0.494 e. The fourth-order valence-corrected chi connectivity index (χ4v) is 2.22. The predicted molar refractivity (Wildman–Crippen MR) is 65.0 cm³/mol. The minimum absolute atomic E-state index is 0.296. The smallest absolute Gasteiger partial charge is 0.119 e. The van der Waals surface area contributed by atoms with Crippen molar-refractivity contribution in [3.63, 3.8) is 0 Å². The standard InChI is InChI=1S/C13H20N2O/c1-2-16-12-8-6-11(7-9-12)13(15-14)10-4-3-5-10/h6-10,13,15H,2-5,14H2,1H3. The number of nitrogens with two attached hydrogens (primary N) is 1. The van der Waals surface area contributed by atoms with Gasteiger partial charge in [0, 0.05) is 6.04 Å². The molecule has 3 nitrogen and oxygen atoms in total. The topological polar surface area (TPSA) is 47.3 Å². The second-order valence-electron chi connectivity index (χ2n) is 4.34. The highest BCUT2D eigenvalue weighted by molar-refractivity contribution is 5.29. The summed E-state index contributed by atoms with van der Waals surface area (Å²) in [5, 5.41) is 0. The second-order valence-corrected chi connectivity index (χ2v) is 4.34. The van der Waals surface area contributed by atoms with Gasteiger partial charge in [-0.1, -0.05) is 18.6 Å². The maximum Gasteiger partial charge on any atom is 0.119 e. The fourth-order valence-electron chi connectivity index (χ4n) is 2.22. The Morgan fingerprint density at radius 1 is 1.38 bits per heavy atom. The Morgan fingerprint density at radius 2 is 2.06 bits per heavy atom. The molecule has 1 aromatic rings. The Balaban J connectivity index is 2.06. The molecule has 1 atom stereocenters. The number of hydrazine groups is 1. The maximum absolute atomic E-state index is 5.63. The first-order chi connectivity index (χ1) is 7.85. The van der Waals surface area contributed by atoms with Gasteiger partial charge in [-0.3, -0.25) is 11.3 Å². The Bertz CT molecular complexity index is 319. The molecule has 1 aromatic carbocycles. The van der Waals surface area contributed by atoms with E-state index in [4.69, 9.17) is 10.6 Å². The van der Waals surface area contributed by atoms with Crippen LogP contribution in [0, 0.1) is 5.92 Å². The first kappa shape index (κ1) is 11.4. The summed E-state index contributed by atoms with van der Waals surface area (Å²) in [6.07, 6.45) is 3.89. The van der Waals surface area contributed by atoms with Crippen molar-refractivity contribution in [3.05, 3.63) is 29.8 Å². The molecule has 1 saturated carbocycles. The SMILES string of the molecule is CCOc1ccc(C(NN)C2CCC2)cc1. The van der Waals surface area contributed by atoms with Gasteiger partial charge >= 0.3 is 0 Å². The van der Waals surface area contributed by atoms with Gasteiger partial charge < -0.3 is 4.74 Å². The summed E-state index contributed by atoms with van der Waals surface area (Å²) in [6, 6.07) is 8.54. The molecule has 0 aliphatic heterocycles. The zero-order valence-electron chi connectivity index (χ0n) is 9.78. The molecule has 0 spiro atoms. The van der Waals surface area contributed by atoms with E-state index in [0.29, 0.717) is 18.6 Å². The highest BCUT2D eigenvalue weighted by Gasteiger charge is 2.27. The van der Waals surface area contributed by atoms with Crippen LogP contribution in [-0.2, 0) is 0 Å². The van der Waals surface area contributed by atoms with Crippen LogP contribution < -0.4 is 16.0 Å². The summed E-state index contributed by atoms with van der Waals surface area (Å²) < 4.78 is 5.42. The van der Waals surface area contributed by atoms with Crippen LogP contribution in [-0.4, -0.2) is 6.61 Å². The van der Waals surface area contributed by atoms with Crippen LogP contribution in [0.25, 0.3) is 0 Å². The zero-order valence-corrected chi connectivity index (χ0v) is 9.78. The van der Waals surface area contributed by atoms with Crippen molar-refractivity contribution in [3.8, 4) is 5.75 Å². The molecule has 1 aliphatic carbocycles. The number of ether oxygens (including phenoxy) is 1. The van der Waals surface area contributed by atoms with Crippen LogP contribution in [0.4, 0.5) is 0 Å². The molecule has 3 heteroatoms. The number of rotatable bonds is 5. The summed E-state index contributed by atoms with van der Waals surface area (Å²) in [4.78, 5) is 0. The molecule has 88 valence electrons. The minimum Gasteiger partial charge on any atom is -0.494 e. The van der Waals surface area contributed by atoms with Crippen LogP contribution in [0.1, 0.15) is 37.8 Å². The van der Waals surface area contributed by atoms with Crippen molar-refractivity contribution in [1.29, 1.82) is 0 Å². The van der Waals surface area contributed by atoms with E-state index in [-0.39, 0.29) is 0 Å². The lowest BCUT2D eigenvalue weighted by Gasteiger charge is -2.33. The molecule has 0 radical (unpaired) electrons. The molecule has 3 N–H and O–H groups in total. The summed E-state index contributed by atoms with van der Waals surface area (Å²) in [5.74, 6) is 7.25. The molecule has 2 rings (SSSR count). The van der Waals surface area contributed by atoms with Gasteiger partial charge in [0.15, 0.2) is 0 Å². The van der Waals surface area contributed by atoms with Crippen molar-refractivity contribution in [2.24, 2.45) is 11.8 Å². The highest BCUT2D eigenvalue weighted by Crippen LogP contribution is 2.37. The van der Waals surface area contributed by atoms with Crippen LogP contribution in [0.3, 0.4) is 0 Å². The van der Waals surface area contributed by atoms with Gasteiger partial charge in [-0.2, -0.15) is 0 Å². The van der Waals surface area contributed by atoms with Crippen molar-refractivity contribution in [2.45, 2.75) is 32.2 Å². The van der Waals surface area contributed by atoms with Crippen molar-refractivity contribution in [2.75, 3.05) is 6.61 Å². The molecule has 0 bridgehead atoms. The first-order valence-corrected chi connectivity index (χ1v) is 6.04. The van der Waals surface area contributed by atoms with E-state index in [9.17, 15) is 0 Å². The lowest BCUT2D eigenvalue weighted by molar-refractivity contribution is 0.232.